The van der Waals surface area contributed by atoms with E-state index in [2.05, 4.69) is 0 Å². The molecule has 1 aromatic carbocycles. The van der Waals surface area contributed by atoms with Crippen molar-refractivity contribution < 1.29 is 13.9 Å². The zero-order chi connectivity index (χ0) is 15.0. The van der Waals surface area contributed by atoms with Gasteiger partial charge in [0.25, 0.3) is 5.92 Å². The lowest BCUT2D eigenvalue weighted by Crippen LogP contribution is -2.19. The summed E-state index contributed by atoms with van der Waals surface area (Å²) in [6.45, 7) is 3.30. The van der Waals surface area contributed by atoms with Crippen molar-refractivity contribution in [2.24, 2.45) is 0 Å². The number of aliphatic hydroxyl groups is 1. The number of aryl methyl sites for hydroxylation is 1. The highest BCUT2D eigenvalue weighted by molar-refractivity contribution is 5.16. The van der Waals surface area contributed by atoms with Crippen molar-refractivity contribution in [1.29, 1.82) is 0 Å². The molecule has 1 atom stereocenters. The highest BCUT2D eigenvalue weighted by Gasteiger charge is 2.30. The van der Waals surface area contributed by atoms with E-state index in [1.54, 1.807) is 0 Å². The van der Waals surface area contributed by atoms with E-state index in [0.717, 1.165) is 12.0 Å². The van der Waals surface area contributed by atoms with Gasteiger partial charge in [-0.3, -0.25) is 0 Å². The van der Waals surface area contributed by atoms with Crippen molar-refractivity contribution in [3.8, 4) is 0 Å². The summed E-state index contributed by atoms with van der Waals surface area (Å²) in [5, 5.41) is 9.86. The van der Waals surface area contributed by atoms with Crippen molar-refractivity contribution in [2.45, 2.75) is 58.0 Å². The van der Waals surface area contributed by atoms with Gasteiger partial charge in [-0.2, -0.15) is 0 Å². The molecule has 3 heteroatoms. The van der Waals surface area contributed by atoms with Crippen LogP contribution >= 0.6 is 0 Å². The Balaban J connectivity index is 2.50. The summed E-state index contributed by atoms with van der Waals surface area (Å²) in [6.07, 6.45) is 2.74. The first-order valence-electron chi connectivity index (χ1n) is 7.24. The van der Waals surface area contributed by atoms with Gasteiger partial charge in [0, 0.05) is 6.42 Å². The van der Waals surface area contributed by atoms with E-state index in [4.69, 9.17) is 0 Å². The van der Waals surface area contributed by atoms with E-state index >= 15 is 0 Å². The Morgan fingerprint density at radius 1 is 1.30 bits per heavy atom. The molecule has 0 bridgehead atoms. The topological polar surface area (TPSA) is 20.2 Å². The maximum atomic E-state index is 13.7. The zero-order valence-electron chi connectivity index (χ0n) is 12.3. The molecule has 0 saturated carbocycles. The lowest BCUT2D eigenvalue weighted by atomic mass is 10.0. The highest BCUT2D eigenvalue weighted by atomic mass is 19.3. The molecule has 0 aliphatic heterocycles. The number of rotatable bonds is 8. The van der Waals surface area contributed by atoms with Crippen molar-refractivity contribution in [3.05, 3.63) is 47.5 Å². The fraction of sp³-hybridized carbons (Fsp3) is 0.529. The molecular formula is C17H24F2O. The van der Waals surface area contributed by atoms with Gasteiger partial charge in [-0.1, -0.05) is 49.8 Å². The van der Waals surface area contributed by atoms with Crippen LogP contribution in [0.15, 0.2) is 42.0 Å². The Kier molecular flexibility index (Phi) is 6.86. The second-order valence-electron chi connectivity index (χ2n) is 5.25. The minimum Gasteiger partial charge on any atom is -0.389 e. The van der Waals surface area contributed by atoms with Crippen LogP contribution in [-0.4, -0.2) is 17.1 Å². The average Bonchev–Trinajstić information content (AvgIpc) is 2.44. The zero-order valence-corrected chi connectivity index (χ0v) is 12.3. The molecule has 0 radical (unpaired) electrons. The first kappa shape index (κ1) is 16.8. The van der Waals surface area contributed by atoms with Gasteiger partial charge in [0.2, 0.25) is 0 Å². The molecule has 20 heavy (non-hydrogen) atoms. The normalized spacial score (nSPS) is 14.3. The molecule has 1 aromatic rings. The van der Waals surface area contributed by atoms with Gasteiger partial charge >= 0.3 is 0 Å². The van der Waals surface area contributed by atoms with E-state index in [-0.39, 0.29) is 12.0 Å². The van der Waals surface area contributed by atoms with Crippen molar-refractivity contribution >= 4 is 0 Å². The van der Waals surface area contributed by atoms with Gasteiger partial charge in [-0.25, -0.2) is 8.78 Å². The summed E-state index contributed by atoms with van der Waals surface area (Å²) in [6, 6.07) is 9.74. The number of aliphatic hydroxyl groups excluding tert-OH is 1. The second-order valence-corrected chi connectivity index (χ2v) is 5.25. The van der Waals surface area contributed by atoms with Crippen LogP contribution in [0, 0.1) is 0 Å². The van der Waals surface area contributed by atoms with Crippen LogP contribution in [0.3, 0.4) is 0 Å². The molecule has 0 spiro atoms. The predicted molar refractivity (Wildman–Crippen MR) is 79.0 cm³/mol. The maximum Gasteiger partial charge on any atom is 0.269 e. The van der Waals surface area contributed by atoms with Crippen LogP contribution in [0.2, 0.25) is 0 Å². The van der Waals surface area contributed by atoms with Gasteiger partial charge < -0.3 is 5.11 Å². The standard InChI is InChI=1S/C17H24F2O/c1-3-4-12-17(18,19)14(2)13-16(20)11-10-15-8-6-5-7-9-15/h5-9,13,16,20H,3-4,10-12H2,1-2H3/b14-13+. The number of alkyl halides is 2. The number of allylic oxidation sites excluding steroid dienone is 1. The number of halogens is 2. The molecule has 0 aliphatic rings. The van der Waals surface area contributed by atoms with Crippen molar-refractivity contribution in [1.82, 2.24) is 0 Å². The molecule has 0 aromatic heterocycles. The summed E-state index contributed by atoms with van der Waals surface area (Å²) in [5.41, 5.74) is 1.09. The largest absolute Gasteiger partial charge is 0.389 e. The second kappa shape index (κ2) is 8.15. The Morgan fingerprint density at radius 2 is 1.95 bits per heavy atom. The fourth-order valence-electron chi connectivity index (χ4n) is 2.05. The molecule has 0 amide bonds. The molecule has 0 aliphatic carbocycles. The lowest BCUT2D eigenvalue weighted by Gasteiger charge is -2.18. The third kappa shape index (κ3) is 5.83. The van der Waals surface area contributed by atoms with Gasteiger partial charge in [0.15, 0.2) is 0 Å². The predicted octanol–water partition coefficient (Wildman–Crippen LogP) is 4.75. The lowest BCUT2D eigenvalue weighted by molar-refractivity contribution is 0.0282. The van der Waals surface area contributed by atoms with Gasteiger partial charge in [0.1, 0.15) is 0 Å². The molecule has 0 saturated heterocycles. The Labute approximate surface area is 120 Å². The molecular weight excluding hydrogens is 258 g/mol. The monoisotopic (exact) mass is 282 g/mol. The van der Waals surface area contributed by atoms with Gasteiger partial charge in [-0.15, -0.1) is 0 Å². The van der Waals surface area contributed by atoms with E-state index < -0.39 is 12.0 Å². The first-order chi connectivity index (χ1) is 9.45. The van der Waals surface area contributed by atoms with E-state index in [1.807, 2.05) is 37.3 Å². The van der Waals surface area contributed by atoms with Crippen molar-refractivity contribution in [2.75, 3.05) is 0 Å². The number of hydrogen-bond donors (Lipinski definition) is 1. The third-order valence-corrected chi connectivity index (χ3v) is 3.44. The molecule has 1 nitrogen and oxygen atoms in total. The van der Waals surface area contributed by atoms with Crippen LogP contribution in [0.5, 0.6) is 0 Å². The summed E-state index contributed by atoms with van der Waals surface area (Å²) < 4.78 is 27.5. The van der Waals surface area contributed by atoms with Crippen LogP contribution in [0.25, 0.3) is 0 Å². The molecule has 1 rings (SSSR count). The van der Waals surface area contributed by atoms with E-state index in [0.29, 0.717) is 19.3 Å². The van der Waals surface area contributed by atoms with Crippen LogP contribution < -0.4 is 0 Å². The van der Waals surface area contributed by atoms with Crippen molar-refractivity contribution in [3.63, 3.8) is 0 Å². The summed E-state index contributed by atoms with van der Waals surface area (Å²) in [4.78, 5) is 0. The van der Waals surface area contributed by atoms with Crippen LogP contribution in [0.1, 0.15) is 45.1 Å². The van der Waals surface area contributed by atoms with Crippen LogP contribution in [-0.2, 0) is 6.42 Å². The Hall–Kier alpha value is -1.22. The maximum absolute atomic E-state index is 13.7. The van der Waals surface area contributed by atoms with Gasteiger partial charge in [0.05, 0.1) is 6.10 Å². The fourth-order valence-corrected chi connectivity index (χ4v) is 2.05. The molecule has 0 fully saturated rings. The third-order valence-electron chi connectivity index (χ3n) is 3.44. The summed E-state index contributed by atoms with van der Waals surface area (Å²) >= 11 is 0. The molecule has 1 unspecified atom stereocenters. The minimum absolute atomic E-state index is 0.0217. The molecule has 0 heterocycles. The average molecular weight is 282 g/mol. The summed E-state index contributed by atoms with van der Waals surface area (Å²) in [7, 11) is 0. The SMILES string of the molecule is CCCCC(F)(F)/C(C)=C/C(O)CCc1ccccc1. The number of unbranched alkanes of at least 4 members (excludes halogenated alkanes) is 1. The highest BCUT2D eigenvalue weighted by Crippen LogP contribution is 2.30. The quantitative estimate of drug-likeness (QED) is 0.682. The van der Waals surface area contributed by atoms with Gasteiger partial charge in [-0.05, 0) is 37.3 Å². The number of hydrogen-bond acceptors (Lipinski definition) is 1. The molecule has 1 N–H and O–H groups in total. The van der Waals surface area contributed by atoms with Crippen LogP contribution in [0.4, 0.5) is 8.78 Å². The van der Waals surface area contributed by atoms with E-state index in [9.17, 15) is 13.9 Å². The summed E-state index contributed by atoms with van der Waals surface area (Å²) in [5.74, 6) is -2.80. The Morgan fingerprint density at radius 3 is 2.55 bits per heavy atom. The first-order valence-corrected chi connectivity index (χ1v) is 7.24. The Bertz CT molecular complexity index is 412. The van der Waals surface area contributed by atoms with E-state index in [1.165, 1.54) is 13.0 Å². The number of benzene rings is 1. The minimum atomic E-state index is -2.80. The smallest absolute Gasteiger partial charge is 0.269 e. The molecule has 112 valence electrons.